The van der Waals surface area contributed by atoms with E-state index in [0.29, 0.717) is 48.2 Å². The average Bonchev–Trinajstić information content (AvgIpc) is 3.24. The van der Waals surface area contributed by atoms with Crippen LogP contribution in [0.4, 0.5) is 0 Å². The van der Waals surface area contributed by atoms with Gasteiger partial charge >= 0.3 is 0 Å². The first-order chi connectivity index (χ1) is 19.5. The molecule has 0 saturated heterocycles. The first-order valence-corrected chi connectivity index (χ1v) is 18.2. The summed E-state index contributed by atoms with van der Waals surface area (Å²) in [5, 5.41) is 36.6. The largest absolute Gasteiger partial charge is 0.393 e. The van der Waals surface area contributed by atoms with Gasteiger partial charge < -0.3 is 25.1 Å². The molecule has 4 aliphatic carbocycles. The van der Waals surface area contributed by atoms with Crippen LogP contribution in [-0.4, -0.2) is 96.5 Å². The maximum Gasteiger partial charge on any atom is 0.265 e. The molecule has 1 amide bonds. The number of hydrogen-bond acceptors (Lipinski definition) is 6. The van der Waals surface area contributed by atoms with Crippen LogP contribution in [0, 0.1) is 46.3 Å². The lowest BCUT2D eigenvalue weighted by Crippen LogP contribution is -2.62. The number of fused-ring (bicyclic) bond motifs is 5. The first kappa shape index (κ1) is 34.1. The van der Waals surface area contributed by atoms with Crippen molar-refractivity contribution in [2.24, 2.45) is 46.3 Å². The quantitative estimate of drug-likeness (QED) is 0.129. The number of nitrogens with one attached hydrogen (secondary N) is 1. The summed E-state index contributed by atoms with van der Waals surface area (Å²) in [6.07, 6.45) is 7.47. The number of carbonyl (C=O) groups is 1. The van der Waals surface area contributed by atoms with Crippen LogP contribution >= 0.6 is 0 Å². The molecule has 0 radical (unpaired) electrons. The van der Waals surface area contributed by atoms with Crippen molar-refractivity contribution in [2.45, 2.75) is 110 Å². The molecule has 4 rings (SSSR count). The van der Waals surface area contributed by atoms with E-state index in [0.717, 1.165) is 64.3 Å². The fourth-order valence-corrected chi connectivity index (χ4v) is 10.8. The molecule has 11 atom stereocenters. The maximum absolute atomic E-state index is 12.7. The molecule has 0 aromatic rings. The van der Waals surface area contributed by atoms with Crippen molar-refractivity contribution in [3.63, 3.8) is 0 Å². The molecule has 0 aromatic heterocycles. The number of hydrogen-bond donors (Lipinski definition) is 5. The van der Waals surface area contributed by atoms with Crippen molar-refractivity contribution in [1.29, 1.82) is 0 Å². The number of nitrogens with zero attached hydrogens (tertiary/aromatic N) is 1. The molecule has 4 fully saturated rings. The summed E-state index contributed by atoms with van der Waals surface area (Å²) in [5.41, 5.74) is -0.185. The van der Waals surface area contributed by atoms with Gasteiger partial charge in [0.05, 0.1) is 51.2 Å². The van der Waals surface area contributed by atoms with Gasteiger partial charge in [0.1, 0.15) is 0 Å². The molecule has 9 nitrogen and oxygen atoms in total. The van der Waals surface area contributed by atoms with E-state index in [1.54, 1.807) is 0 Å². The van der Waals surface area contributed by atoms with Gasteiger partial charge in [-0.25, -0.2) is 0 Å². The van der Waals surface area contributed by atoms with Crippen molar-refractivity contribution < 1.29 is 37.6 Å². The standard InChI is InChI=1S/C32H58N2O7S/c1-21(8-11-29(38)33-14-6-15-34(4,5)16-7-17-42(39,40)41)24-9-10-25-30-26(20-28(37)32(24,25)3)31(2)13-12-23(35)18-22(31)19-27(30)36/h21-28,30,35-37H,6-20H2,1-5H3,(H-,33,38,39,40,41)/p+1/t21-,22+,23-,24-,25+,26+,27-,28+,30+,31+,32-/m0/s1. The molecule has 5 N–H and O–H groups in total. The molecule has 0 aromatic carbocycles. The number of rotatable bonds is 12. The fraction of sp³-hybridized carbons (Fsp3) is 0.969. The lowest BCUT2D eigenvalue weighted by molar-refractivity contribution is -0.890. The zero-order chi connectivity index (χ0) is 31.1. The van der Waals surface area contributed by atoms with Gasteiger partial charge in [0, 0.05) is 25.8 Å². The molecule has 42 heavy (non-hydrogen) atoms. The van der Waals surface area contributed by atoms with E-state index in [4.69, 9.17) is 4.55 Å². The third-order valence-corrected chi connectivity index (χ3v) is 13.6. The lowest BCUT2D eigenvalue weighted by atomic mass is 9.43. The van der Waals surface area contributed by atoms with Gasteiger partial charge in [-0.15, -0.1) is 0 Å². The molecule has 0 bridgehead atoms. The van der Waals surface area contributed by atoms with Crippen LogP contribution in [0.25, 0.3) is 0 Å². The van der Waals surface area contributed by atoms with Gasteiger partial charge in [0.25, 0.3) is 10.1 Å². The van der Waals surface area contributed by atoms with E-state index in [1.807, 2.05) is 14.1 Å². The molecule has 244 valence electrons. The Morgan fingerprint density at radius 1 is 1.00 bits per heavy atom. The number of amides is 1. The van der Waals surface area contributed by atoms with Crippen LogP contribution in [0.3, 0.4) is 0 Å². The highest BCUT2D eigenvalue weighted by Crippen LogP contribution is 2.68. The van der Waals surface area contributed by atoms with Crippen molar-refractivity contribution in [3.8, 4) is 0 Å². The number of carbonyl (C=O) groups excluding carboxylic acids is 1. The second-order valence-electron chi connectivity index (χ2n) is 15.8. The average molecular weight is 616 g/mol. The molecule has 0 unspecified atom stereocenters. The van der Waals surface area contributed by atoms with Crippen LogP contribution in [-0.2, 0) is 14.9 Å². The van der Waals surface area contributed by atoms with Gasteiger partial charge in [-0.05, 0) is 97.7 Å². The minimum atomic E-state index is -3.93. The van der Waals surface area contributed by atoms with Crippen molar-refractivity contribution in [3.05, 3.63) is 0 Å². The van der Waals surface area contributed by atoms with E-state index in [2.05, 4.69) is 26.1 Å². The van der Waals surface area contributed by atoms with E-state index in [9.17, 15) is 28.5 Å². The van der Waals surface area contributed by atoms with Crippen LogP contribution < -0.4 is 5.32 Å². The summed E-state index contributed by atoms with van der Waals surface area (Å²) in [6, 6.07) is 0. The molecule has 0 aliphatic heterocycles. The predicted molar refractivity (Wildman–Crippen MR) is 163 cm³/mol. The Bertz CT molecular complexity index is 1050. The Morgan fingerprint density at radius 2 is 1.69 bits per heavy atom. The lowest BCUT2D eigenvalue weighted by Gasteiger charge is -2.63. The maximum atomic E-state index is 12.7. The van der Waals surface area contributed by atoms with Gasteiger partial charge in [-0.1, -0.05) is 20.8 Å². The number of aliphatic hydroxyl groups excluding tert-OH is 3. The van der Waals surface area contributed by atoms with Gasteiger partial charge in [0.2, 0.25) is 5.91 Å². The first-order valence-electron chi connectivity index (χ1n) is 16.6. The third-order valence-electron chi connectivity index (χ3n) is 12.8. The predicted octanol–water partition coefficient (Wildman–Crippen LogP) is 3.22. The zero-order valence-electron chi connectivity index (χ0n) is 26.7. The van der Waals surface area contributed by atoms with Crippen molar-refractivity contribution in [2.75, 3.05) is 39.5 Å². The Hall–Kier alpha value is -0.780. The van der Waals surface area contributed by atoms with Crippen molar-refractivity contribution in [1.82, 2.24) is 5.32 Å². The SMILES string of the molecule is C[C@@H](CCC(=O)NCCC[N+](C)(C)CCCS(=O)(=O)O)[C@@H]1CC[C@@H]2[C@@H]3[C@@H](C[C@@H](O)[C@]21C)[C@]1(C)CC[C@H](O)C[C@@H]1C[C@@H]3O. The minimum Gasteiger partial charge on any atom is -0.393 e. The third kappa shape index (κ3) is 7.20. The smallest absolute Gasteiger partial charge is 0.265 e. The second kappa shape index (κ2) is 12.9. The van der Waals surface area contributed by atoms with E-state index in [1.165, 1.54) is 0 Å². The Kier molecular flexibility index (Phi) is 10.5. The Balaban J connectivity index is 1.27. The van der Waals surface area contributed by atoms with Crippen LogP contribution in [0.1, 0.15) is 91.4 Å². The molecule has 10 heteroatoms. The molecule has 0 heterocycles. The van der Waals surface area contributed by atoms with Gasteiger partial charge in [-0.3, -0.25) is 9.35 Å². The Morgan fingerprint density at radius 3 is 2.38 bits per heavy atom. The highest BCUT2D eigenvalue weighted by atomic mass is 32.2. The highest BCUT2D eigenvalue weighted by molar-refractivity contribution is 7.85. The molecule has 4 aliphatic rings. The van der Waals surface area contributed by atoms with E-state index in [-0.39, 0.29) is 52.5 Å². The van der Waals surface area contributed by atoms with E-state index < -0.39 is 16.2 Å². The topological polar surface area (TPSA) is 144 Å². The van der Waals surface area contributed by atoms with Crippen LogP contribution in [0.15, 0.2) is 0 Å². The van der Waals surface area contributed by atoms with Crippen LogP contribution in [0.5, 0.6) is 0 Å². The highest BCUT2D eigenvalue weighted by Gasteiger charge is 2.65. The molecular formula is C32H59N2O7S+. The van der Waals surface area contributed by atoms with Gasteiger partial charge in [0.15, 0.2) is 0 Å². The van der Waals surface area contributed by atoms with Crippen molar-refractivity contribution >= 4 is 16.0 Å². The second-order valence-corrected chi connectivity index (χ2v) is 17.3. The summed E-state index contributed by atoms with van der Waals surface area (Å²) in [4.78, 5) is 12.7. The number of quaternary nitrogens is 1. The molecule has 4 saturated carbocycles. The monoisotopic (exact) mass is 615 g/mol. The summed E-state index contributed by atoms with van der Waals surface area (Å²) >= 11 is 0. The fourth-order valence-electron chi connectivity index (χ4n) is 10.3. The zero-order valence-corrected chi connectivity index (χ0v) is 27.5. The summed E-state index contributed by atoms with van der Waals surface area (Å²) in [6.45, 7) is 8.87. The summed E-state index contributed by atoms with van der Waals surface area (Å²) < 4.78 is 31.5. The number of aliphatic hydroxyl groups is 3. The van der Waals surface area contributed by atoms with Crippen LogP contribution in [0.2, 0.25) is 0 Å². The van der Waals surface area contributed by atoms with E-state index >= 15 is 0 Å². The normalized spacial score (nSPS) is 41.0. The molecule has 0 spiro atoms. The molecular weight excluding hydrogens is 556 g/mol. The minimum absolute atomic E-state index is 0.0450. The summed E-state index contributed by atoms with van der Waals surface area (Å²) in [5.74, 6) is 1.52. The van der Waals surface area contributed by atoms with Gasteiger partial charge in [-0.2, -0.15) is 8.42 Å². The Labute approximate surface area is 254 Å². The summed E-state index contributed by atoms with van der Waals surface area (Å²) in [7, 11) is 0.114.